The lowest BCUT2D eigenvalue weighted by molar-refractivity contribution is -0.149. The van der Waals surface area contributed by atoms with Crippen molar-refractivity contribution >= 4 is 5.97 Å². The first-order chi connectivity index (χ1) is 7.46. The van der Waals surface area contributed by atoms with Crippen LogP contribution in [-0.4, -0.2) is 44.3 Å². The van der Waals surface area contributed by atoms with Crippen LogP contribution in [-0.2, 0) is 4.79 Å². The maximum atomic E-state index is 11.1. The third-order valence-electron chi connectivity index (χ3n) is 3.64. The standard InChI is InChI=1S/C8H11N3O5/c9-11-10-8(7(15)16)3(12)1-2-4(5(2)8)6(13)14/h2-6,12-14H,1H2,(H,15,16). The van der Waals surface area contributed by atoms with Gasteiger partial charge in [-0.1, -0.05) is 5.11 Å². The van der Waals surface area contributed by atoms with Crippen LogP contribution in [0.1, 0.15) is 6.42 Å². The number of carboxylic acid groups (broad SMARTS) is 1. The molecule has 2 aliphatic rings. The molecule has 88 valence electrons. The minimum atomic E-state index is -1.95. The van der Waals surface area contributed by atoms with E-state index in [1.54, 1.807) is 0 Å². The van der Waals surface area contributed by atoms with Gasteiger partial charge in [-0.2, -0.15) is 0 Å². The highest BCUT2D eigenvalue weighted by molar-refractivity contribution is 5.82. The van der Waals surface area contributed by atoms with Crippen LogP contribution in [0.4, 0.5) is 0 Å². The zero-order chi connectivity index (χ0) is 12.1. The van der Waals surface area contributed by atoms with E-state index in [1.807, 2.05) is 0 Å². The van der Waals surface area contributed by atoms with E-state index in [-0.39, 0.29) is 12.3 Å². The fraction of sp³-hybridized carbons (Fsp3) is 0.875. The van der Waals surface area contributed by atoms with Crippen molar-refractivity contribution < 1.29 is 25.2 Å². The summed E-state index contributed by atoms with van der Waals surface area (Å²) < 4.78 is 0. The molecule has 2 rings (SSSR count). The number of fused-ring (bicyclic) bond motifs is 1. The van der Waals surface area contributed by atoms with Gasteiger partial charge in [0.2, 0.25) is 0 Å². The van der Waals surface area contributed by atoms with Crippen LogP contribution in [0.5, 0.6) is 0 Å². The van der Waals surface area contributed by atoms with Crippen LogP contribution in [0.2, 0.25) is 0 Å². The molecule has 0 amide bonds. The molecule has 0 bridgehead atoms. The molecule has 4 N–H and O–H groups in total. The Kier molecular flexibility index (Phi) is 2.32. The molecular weight excluding hydrogens is 218 g/mol. The Morgan fingerprint density at radius 1 is 1.56 bits per heavy atom. The monoisotopic (exact) mass is 229 g/mol. The Morgan fingerprint density at radius 2 is 2.19 bits per heavy atom. The molecule has 2 fully saturated rings. The van der Waals surface area contributed by atoms with Crippen LogP contribution < -0.4 is 0 Å². The number of aliphatic hydroxyl groups excluding tert-OH is 2. The molecule has 0 heterocycles. The van der Waals surface area contributed by atoms with Gasteiger partial charge in [0, 0.05) is 10.8 Å². The van der Waals surface area contributed by atoms with E-state index in [2.05, 4.69) is 10.0 Å². The molecule has 0 spiro atoms. The lowest BCUT2D eigenvalue weighted by atomic mass is 9.88. The highest BCUT2D eigenvalue weighted by atomic mass is 16.5. The second kappa shape index (κ2) is 3.33. The molecule has 0 aromatic rings. The van der Waals surface area contributed by atoms with Gasteiger partial charge in [0.15, 0.2) is 11.8 Å². The van der Waals surface area contributed by atoms with Crippen LogP contribution in [0.15, 0.2) is 5.11 Å². The average Bonchev–Trinajstić information content (AvgIpc) is 2.81. The van der Waals surface area contributed by atoms with E-state index >= 15 is 0 Å². The minimum absolute atomic E-state index is 0.109. The van der Waals surface area contributed by atoms with Gasteiger partial charge in [0.25, 0.3) is 0 Å². The largest absolute Gasteiger partial charge is 0.481 e. The molecule has 8 heteroatoms. The summed E-state index contributed by atoms with van der Waals surface area (Å²) in [5.74, 6) is -3.06. The number of hydrogen-bond donors (Lipinski definition) is 4. The van der Waals surface area contributed by atoms with Crippen LogP contribution in [0.3, 0.4) is 0 Å². The van der Waals surface area contributed by atoms with E-state index in [0.717, 1.165) is 0 Å². The normalized spacial score (nSPS) is 45.0. The summed E-state index contributed by atoms with van der Waals surface area (Å²) in [6.45, 7) is 0. The van der Waals surface area contributed by atoms with E-state index in [0.29, 0.717) is 0 Å². The second-order valence-corrected chi connectivity index (χ2v) is 4.25. The molecule has 2 saturated carbocycles. The number of aliphatic carboxylic acids is 1. The summed E-state index contributed by atoms with van der Waals surface area (Å²) >= 11 is 0. The van der Waals surface area contributed by atoms with Crippen LogP contribution in [0, 0.1) is 17.8 Å². The quantitative estimate of drug-likeness (QED) is 0.213. The Balaban J connectivity index is 2.37. The molecule has 2 aliphatic carbocycles. The summed E-state index contributed by atoms with van der Waals surface area (Å²) in [4.78, 5) is 13.6. The molecule has 8 nitrogen and oxygen atoms in total. The minimum Gasteiger partial charge on any atom is -0.481 e. The number of carbonyl (C=O) groups is 1. The topological polar surface area (TPSA) is 147 Å². The van der Waals surface area contributed by atoms with E-state index in [9.17, 15) is 9.90 Å². The lowest BCUT2D eigenvalue weighted by Gasteiger charge is -2.26. The number of aliphatic hydroxyl groups is 3. The van der Waals surface area contributed by atoms with Crippen LogP contribution >= 0.6 is 0 Å². The molecule has 0 saturated heterocycles. The van der Waals surface area contributed by atoms with Gasteiger partial charge in [0.1, 0.15) is 0 Å². The first kappa shape index (κ1) is 11.2. The van der Waals surface area contributed by atoms with E-state index in [1.165, 1.54) is 0 Å². The van der Waals surface area contributed by atoms with Crippen molar-refractivity contribution in [1.29, 1.82) is 0 Å². The molecule has 5 atom stereocenters. The smallest absolute Gasteiger partial charge is 0.318 e. The van der Waals surface area contributed by atoms with Crippen molar-refractivity contribution in [3.63, 3.8) is 0 Å². The Morgan fingerprint density at radius 3 is 2.62 bits per heavy atom. The average molecular weight is 229 g/mol. The van der Waals surface area contributed by atoms with Crippen molar-refractivity contribution in [3.05, 3.63) is 10.4 Å². The van der Waals surface area contributed by atoms with Gasteiger partial charge >= 0.3 is 5.97 Å². The van der Waals surface area contributed by atoms with Gasteiger partial charge in [-0.3, -0.25) is 4.79 Å². The van der Waals surface area contributed by atoms with Gasteiger partial charge in [-0.05, 0) is 23.8 Å². The molecule has 0 radical (unpaired) electrons. The number of carboxylic acids is 1. The number of nitrogens with zero attached hydrogens (tertiary/aromatic N) is 3. The SMILES string of the molecule is [N-]=[N+]=NC1(C(=O)O)C(O)CC2C(C(O)O)C21. The van der Waals surface area contributed by atoms with E-state index in [4.69, 9.17) is 20.9 Å². The lowest BCUT2D eigenvalue weighted by Crippen LogP contribution is -2.48. The van der Waals surface area contributed by atoms with Gasteiger partial charge in [0.05, 0.1) is 6.10 Å². The molecular formula is C8H11N3O5. The fourth-order valence-electron chi connectivity index (χ4n) is 2.93. The van der Waals surface area contributed by atoms with Crippen molar-refractivity contribution in [2.24, 2.45) is 22.9 Å². The highest BCUT2D eigenvalue weighted by Crippen LogP contribution is 2.64. The Bertz CT molecular complexity index is 376. The summed E-state index contributed by atoms with van der Waals surface area (Å²) in [5.41, 5.74) is 6.43. The predicted molar refractivity (Wildman–Crippen MR) is 48.8 cm³/mol. The Labute approximate surface area is 89.8 Å². The maximum absolute atomic E-state index is 11.1. The third kappa shape index (κ3) is 1.15. The van der Waals surface area contributed by atoms with Gasteiger partial charge in [-0.15, -0.1) is 0 Å². The van der Waals surface area contributed by atoms with Crippen molar-refractivity contribution in [1.82, 2.24) is 0 Å². The first-order valence-electron chi connectivity index (χ1n) is 4.80. The summed E-state index contributed by atoms with van der Waals surface area (Å²) in [6, 6.07) is 0. The maximum Gasteiger partial charge on any atom is 0.318 e. The summed E-state index contributed by atoms with van der Waals surface area (Å²) in [6.07, 6.45) is -2.81. The Hall–Kier alpha value is -1.34. The van der Waals surface area contributed by atoms with Crippen molar-refractivity contribution in [2.75, 3.05) is 0 Å². The molecule has 5 unspecified atom stereocenters. The number of rotatable bonds is 3. The molecule has 0 aromatic carbocycles. The van der Waals surface area contributed by atoms with Gasteiger partial charge < -0.3 is 20.4 Å². The number of hydrogen-bond acceptors (Lipinski definition) is 5. The molecule has 0 aliphatic heterocycles. The third-order valence-corrected chi connectivity index (χ3v) is 3.64. The second-order valence-electron chi connectivity index (χ2n) is 4.25. The predicted octanol–water partition coefficient (Wildman–Crippen LogP) is -0.942. The zero-order valence-corrected chi connectivity index (χ0v) is 8.13. The van der Waals surface area contributed by atoms with E-state index < -0.39 is 35.7 Å². The van der Waals surface area contributed by atoms with Crippen molar-refractivity contribution in [2.45, 2.75) is 24.4 Å². The van der Waals surface area contributed by atoms with Crippen molar-refractivity contribution in [3.8, 4) is 0 Å². The molecule has 0 aromatic heterocycles. The van der Waals surface area contributed by atoms with Gasteiger partial charge in [-0.25, -0.2) is 0 Å². The van der Waals surface area contributed by atoms with Crippen LogP contribution in [0.25, 0.3) is 10.4 Å². The fourth-order valence-corrected chi connectivity index (χ4v) is 2.93. The summed E-state index contributed by atoms with van der Waals surface area (Å²) in [7, 11) is 0. The first-order valence-corrected chi connectivity index (χ1v) is 4.80. The molecule has 16 heavy (non-hydrogen) atoms. The zero-order valence-electron chi connectivity index (χ0n) is 8.13. The summed E-state index contributed by atoms with van der Waals surface area (Å²) in [5, 5.41) is 39.9. The number of azide groups is 1. The highest BCUT2D eigenvalue weighted by Gasteiger charge is 2.74.